The Kier molecular flexibility index (Phi) is 8.04. The summed E-state index contributed by atoms with van der Waals surface area (Å²) in [5.74, 6) is 1.99. The van der Waals surface area contributed by atoms with E-state index in [4.69, 9.17) is 0 Å². The fourth-order valence-corrected chi connectivity index (χ4v) is 3.78. The topological polar surface area (TPSA) is 6.48 Å². The molecule has 1 unspecified atom stereocenters. The molecule has 0 bridgehead atoms. The Labute approximate surface area is 125 Å². The molecule has 2 heterocycles. The molecule has 0 aliphatic carbocycles. The standard InChI is InChI=1S/C17H34N2.FH/c1-4-15(3)19-12-8-17(9-13-19)14-18-10-6-16(5-2)7-11-18;/h15-17H,4-14H2,1-3H3;1H. The summed E-state index contributed by atoms with van der Waals surface area (Å²) < 4.78 is 0. The van der Waals surface area contributed by atoms with Crippen molar-refractivity contribution < 1.29 is 4.70 Å². The quantitative estimate of drug-likeness (QED) is 0.759. The molecule has 0 aromatic carbocycles. The monoisotopic (exact) mass is 286 g/mol. The Hall–Kier alpha value is -0.150. The van der Waals surface area contributed by atoms with Gasteiger partial charge in [0.2, 0.25) is 0 Å². The minimum absolute atomic E-state index is 0. The van der Waals surface area contributed by atoms with Crippen molar-refractivity contribution in [3.8, 4) is 0 Å². The molecule has 20 heavy (non-hydrogen) atoms. The van der Waals surface area contributed by atoms with E-state index in [1.54, 1.807) is 0 Å². The van der Waals surface area contributed by atoms with E-state index in [0.29, 0.717) is 0 Å². The third kappa shape index (κ3) is 5.00. The van der Waals surface area contributed by atoms with Crippen LogP contribution in [0.4, 0.5) is 4.70 Å². The van der Waals surface area contributed by atoms with E-state index in [0.717, 1.165) is 17.9 Å². The highest BCUT2D eigenvalue weighted by Gasteiger charge is 2.25. The molecule has 120 valence electrons. The lowest BCUT2D eigenvalue weighted by atomic mass is 9.91. The first-order valence-electron chi connectivity index (χ1n) is 8.69. The zero-order chi connectivity index (χ0) is 13.7. The summed E-state index contributed by atoms with van der Waals surface area (Å²) in [7, 11) is 0. The van der Waals surface area contributed by atoms with Crippen LogP contribution in [0.5, 0.6) is 0 Å². The van der Waals surface area contributed by atoms with Crippen molar-refractivity contribution >= 4 is 0 Å². The van der Waals surface area contributed by atoms with Gasteiger partial charge in [-0.05, 0) is 77.0 Å². The maximum absolute atomic E-state index is 2.75. The molecule has 1 atom stereocenters. The van der Waals surface area contributed by atoms with E-state index < -0.39 is 0 Å². The van der Waals surface area contributed by atoms with Crippen LogP contribution in [-0.4, -0.2) is 48.6 Å². The Balaban J connectivity index is 0.00000200. The maximum Gasteiger partial charge on any atom is 0.00643 e. The molecule has 2 saturated heterocycles. The van der Waals surface area contributed by atoms with Crippen molar-refractivity contribution in [3.63, 3.8) is 0 Å². The van der Waals surface area contributed by atoms with Gasteiger partial charge in [-0.1, -0.05) is 20.3 Å². The van der Waals surface area contributed by atoms with Crippen LogP contribution in [0.1, 0.15) is 59.3 Å². The summed E-state index contributed by atoms with van der Waals surface area (Å²) in [4.78, 5) is 5.44. The van der Waals surface area contributed by atoms with E-state index in [1.807, 2.05) is 0 Å². The number of hydrogen-bond acceptors (Lipinski definition) is 2. The molecule has 0 aromatic heterocycles. The Bertz CT molecular complexity index is 243. The Morgan fingerprint density at radius 2 is 1.45 bits per heavy atom. The molecule has 0 spiro atoms. The maximum atomic E-state index is 2.75. The van der Waals surface area contributed by atoms with Crippen molar-refractivity contribution in [2.45, 2.75) is 65.3 Å². The highest BCUT2D eigenvalue weighted by Crippen LogP contribution is 2.24. The molecule has 0 amide bonds. The zero-order valence-electron chi connectivity index (χ0n) is 13.8. The lowest BCUT2D eigenvalue weighted by molar-refractivity contribution is 0.0984. The molecule has 2 aliphatic rings. The minimum Gasteiger partial charge on any atom is -0.303 e. The van der Waals surface area contributed by atoms with Crippen LogP contribution < -0.4 is 0 Å². The first-order chi connectivity index (χ1) is 9.22. The summed E-state index contributed by atoms with van der Waals surface area (Å²) in [6.45, 7) is 13.8. The second-order valence-corrected chi connectivity index (χ2v) is 6.89. The van der Waals surface area contributed by atoms with E-state index in [-0.39, 0.29) is 4.70 Å². The summed E-state index contributed by atoms with van der Waals surface area (Å²) in [6, 6.07) is 0.793. The molecule has 0 aromatic rings. The van der Waals surface area contributed by atoms with Gasteiger partial charge in [0.1, 0.15) is 0 Å². The zero-order valence-corrected chi connectivity index (χ0v) is 13.8. The van der Waals surface area contributed by atoms with Gasteiger partial charge in [0.15, 0.2) is 0 Å². The van der Waals surface area contributed by atoms with E-state index >= 15 is 0 Å². The highest BCUT2D eigenvalue weighted by atomic mass is 19.0. The lowest BCUT2D eigenvalue weighted by Crippen LogP contribution is -2.43. The molecule has 3 heteroatoms. The summed E-state index contributed by atoms with van der Waals surface area (Å²) in [5.41, 5.74) is 0. The third-order valence-electron chi connectivity index (χ3n) is 5.66. The van der Waals surface area contributed by atoms with Gasteiger partial charge in [-0.25, -0.2) is 0 Å². The van der Waals surface area contributed by atoms with Crippen LogP contribution >= 0.6 is 0 Å². The highest BCUT2D eigenvalue weighted by molar-refractivity contribution is 4.79. The predicted octanol–water partition coefficient (Wildman–Crippen LogP) is 3.77. The molecule has 2 aliphatic heterocycles. The average molecular weight is 286 g/mol. The molecule has 2 fully saturated rings. The second-order valence-electron chi connectivity index (χ2n) is 6.89. The molecule has 2 rings (SSSR count). The van der Waals surface area contributed by atoms with Crippen LogP contribution in [0.3, 0.4) is 0 Å². The van der Waals surface area contributed by atoms with Gasteiger partial charge in [0.25, 0.3) is 0 Å². The van der Waals surface area contributed by atoms with Gasteiger partial charge in [0, 0.05) is 12.6 Å². The van der Waals surface area contributed by atoms with Crippen molar-refractivity contribution in [2.24, 2.45) is 11.8 Å². The fraction of sp³-hybridized carbons (Fsp3) is 1.00. The smallest absolute Gasteiger partial charge is 0.00643 e. The van der Waals surface area contributed by atoms with Gasteiger partial charge in [-0.3, -0.25) is 4.70 Å². The van der Waals surface area contributed by atoms with Crippen molar-refractivity contribution in [2.75, 3.05) is 32.7 Å². The molecule has 0 saturated carbocycles. The Morgan fingerprint density at radius 1 is 0.900 bits per heavy atom. The number of nitrogens with zero attached hydrogens (tertiary/aromatic N) is 2. The van der Waals surface area contributed by atoms with E-state index in [2.05, 4.69) is 30.6 Å². The predicted molar refractivity (Wildman–Crippen MR) is 86.0 cm³/mol. The largest absolute Gasteiger partial charge is 0.303 e. The van der Waals surface area contributed by atoms with Crippen molar-refractivity contribution in [1.82, 2.24) is 9.80 Å². The Morgan fingerprint density at radius 3 is 1.95 bits per heavy atom. The SMILES string of the molecule is CCC1CCN(CC2CCN(C(C)CC)CC2)CC1.F. The second kappa shape index (κ2) is 8.99. The average Bonchev–Trinajstić information content (AvgIpc) is 2.48. The summed E-state index contributed by atoms with van der Waals surface area (Å²) in [6.07, 6.45) is 8.44. The molecule has 2 nitrogen and oxygen atoms in total. The van der Waals surface area contributed by atoms with E-state index in [9.17, 15) is 0 Å². The van der Waals surface area contributed by atoms with Crippen LogP contribution in [0.25, 0.3) is 0 Å². The minimum atomic E-state index is 0. The molecule has 0 radical (unpaired) electrons. The van der Waals surface area contributed by atoms with Crippen LogP contribution in [0.15, 0.2) is 0 Å². The first-order valence-corrected chi connectivity index (χ1v) is 8.69. The number of hydrogen-bond donors (Lipinski definition) is 0. The van der Waals surface area contributed by atoms with Gasteiger partial charge in [-0.15, -0.1) is 0 Å². The van der Waals surface area contributed by atoms with Crippen molar-refractivity contribution in [3.05, 3.63) is 0 Å². The van der Waals surface area contributed by atoms with Gasteiger partial charge in [0.05, 0.1) is 0 Å². The van der Waals surface area contributed by atoms with Crippen LogP contribution in [0.2, 0.25) is 0 Å². The third-order valence-corrected chi connectivity index (χ3v) is 5.66. The number of piperidine rings is 2. The number of likely N-dealkylation sites (tertiary alicyclic amines) is 2. The lowest BCUT2D eigenvalue weighted by Gasteiger charge is -2.39. The normalized spacial score (nSPS) is 25.4. The fourth-order valence-electron chi connectivity index (χ4n) is 3.78. The van der Waals surface area contributed by atoms with E-state index in [1.165, 1.54) is 71.2 Å². The van der Waals surface area contributed by atoms with Gasteiger partial charge < -0.3 is 9.80 Å². The van der Waals surface area contributed by atoms with Crippen LogP contribution in [0, 0.1) is 11.8 Å². The molecule has 0 N–H and O–H groups in total. The molecular formula is C17H35FN2. The van der Waals surface area contributed by atoms with Crippen LogP contribution in [-0.2, 0) is 0 Å². The number of halogens is 1. The molecular weight excluding hydrogens is 251 g/mol. The summed E-state index contributed by atoms with van der Waals surface area (Å²) in [5, 5.41) is 0. The summed E-state index contributed by atoms with van der Waals surface area (Å²) >= 11 is 0. The number of rotatable bonds is 5. The van der Waals surface area contributed by atoms with Gasteiger partial charge in [-0.2, -0.15) is 0 Å². The van der Waals surface area contributed by atoms with Gasteiger partial charge >= 0.3 is 0 Å². The first kappa shape index (κ1) is 17.9. The van der Waals surface area contributed by atoms with Crippen molar-refractivity contribution in [1.29, 1.82) is 0 Å².